The van der Waals surface area contributed by atoms with E-state index in [2.05, 4.69) is 0 Å². The first-order chi connectivity index (χ1) is 6.52. The number of aliphatic hydroxyl groups excluding tert-OH is 2. The van der Waals surface area contributed by atoms with Gasteiger partial charge >= 0.3 is 0 Å². The van der Waals surface area contributed by atoms with Gasteiger partial charge in [0.2, 0.25) is 0 Å². The van der Waals surface area contributed by atoms with Crippen molar-refractivity contribution in [3.8, 4) is 0 Å². The van der Waals surface area contributed by atoms with Gasteiger partial charge in [-0.1, -0.05) is 23.7 Å². The van der Waals surface area contributed by atoms with Crippen LogP contribution in [-0.4, -0.2) is 21.9 Å². The molecule has 0 heterocycles. The van der Waals surface area contributed by atoms with Crippen LogP contribution in [0.4, 0.5) is 0 Å². The summed E-state index contributed by atoms with van der Waals surface area (Å²) in [4.78, 5) is 0. The number of aliphatic hydroxyl groups is 2. The Morgan fingerprint density at radius 2 is 1.79 bits per heavy atom. The second-order valence-electron chi connectivity index (χ2n) is 3.15. The number of rotatable bonds is 3. The molecule has 0 radical (unpaired) electrons. The molecule has 78 valence electrons. The van der Waals surface area contributed by atoms with E-state index in [0.29, 0.717) is 5.02 Å². The summed E-state index contributed by atoms with van der Waals surface area (Å²) in [7, 11) is -0.963. The Kier molecular flexibility index (Phi) is 4.33. The van der Waals surface area contributed by atoms with Gasteiger partial charge in [-0.2, -0.15) is 0 Å². The molecule has 0 fully saturated rings. The smallest absolute Gasteiger partial charge is 0.0769 e. The van der Waals surface area contributed by atoms with Gasteiger partial charge in [0.1, 0.15) is 0 Å². The van der Waals surface area contributed by atoms with E-state index in [9.17, 15) is 10.2 Å². The molecule has 0 amide bonds. The van der Waals surface area contributed by atoms with Crippen molar-refractivity contribution in [2.24, 2.45) is 0 Å². The van der Waals surface area contributed by atoms with E-state index in [1.165, 1.54) is 0 Å². The highest BCUT2D eigenvalue weighted by atomic mass is 35.5. The highest BCUT2D eigenvalue weighted by molar-refractivity contribution is 7.66. The van der Waals surface area contributed by atoms with Crippen molar-refractivity contribution in [3.63, 3.8) is 0 Å². The third-order valence-corrected chi connectivity index (χ3v) is 4.63. The molecule has 1 rings (SSSR count). The highest BCUT2D eigenvalue weighted by Gasteiger charge is 2.21. The van der Waals surface area contributed by atoms with E-state index in [-0.39, 0.29) is 0 Å². The molecule has 0 saturated carbocycles. The molecule has 1 aromatic carbocycles. The third-order valence-electron chi connectivity index (χ3n) is 1.91. The Bertz CT molecular complexity index is 294. The molecule has 4 heteroatoms. The van der Waals surface area contributed by atoms with Crippen LogP contribution in [0.3, 0.4) is 0 Å². The molecule has 0 saturated heterocycles. The molecular weight excluding hydrogens is 219 g/mol. The lowest BCUT2D eigenvalue weighted by atomic mass is 10.4. The first-order valence-electron chi connectivity index (χ1n) is 4.42. The second-order valence-corrected chi connectivity index (χ2v) is 6.41. The maximum Gasteiger partial charge on any atom is 0.0769 e. The van der Waals surface area contributed by atoms with Crippen LogP contribution in [0.25, 0.3) is 0 Å². The lowest BCUT2D eigenvalue weighted by Crippen LogP contribution is -2.18. The van der Waals surface area contributed by atoms with E-state index in [1.807, 2.05) is 12.1 Å². The normalized spacial score (nSPS) is 17.5. The largest absolute Gasteiger partial charge is 0.388 e. The molecule has 2 atom stereocenters. The van der Waals surface area contributed by atoms with E-state index >= 15 is 0 Å². The SMILES string of the molecule is CC(O)P(c1cccc(Cl)c1)C(C)O. The Balaban J connectivity index is 2.99. The monoisotopic (exact) mass is 232 g/mol. The van der Waals surface area contributed by atoms with Crippen LogP contribution < -0.4 is 5.30 Å². The summed E-state index contributed by atoms with van der Waals surface area (Å²) in [6.07, 6.45) is 0. The van der Waals surface area contributed by atoms with Gasteiger partial charge in [0.25, 0.3) is 0 Å². The van der Waals surface area contributed by atoms with Gasteiger partial charge in [0.15, 0.2) is 0 Å². The summed E-state index contributed by atoms with van der Waals surface area (Å²) in [5, 5.41) is 20.7. The number of hydrogen-bond donors (Lipinski definition) is 2. The fraction of sp³-hybridized carbons (Fsp3) is 0.400. The van der Waals surface area contributed by atoms with E-state index in [4.69, 9.17) is 11.6 Å². The zero-order chi connectivity index (χ0) is 10.7. The number of benzene rings is 1. The molecule has 0 aliphatic carbocycles. The van der Waals surface area contributed by atoms with E-state index in [1.54, 1.807) is 26.0 Å². The molecule has 14 heavy (non-hydrogen) atoms. The summed E-state index contributed by atoms with van der Waals surface area (Å²) < 4.78 is 0. The van der Waals surface area contributed by atoms with Gasteiger partial charge in [-0.3, -0.25) is 0 Å². The van der Waals surface area contributed by atoms with Crippen molar-refractivity contribution < 1.29 is 10.2 Å². The van der Waals surface area contributed by atoms with Crippen molar-refractivity contribution in [1.29, 1.82) is 0 Å². The lowest BCUT2D eigenvalue weighted by molar-refractivity contribution is 0.246. The Morgan fingerprint density at radius 3 is 2.21 bits per heavy atom. The van der Waals surface area contributed by atoms with Gasteiger partial charge in [0, 0.05) is 5.02 Å². The van der Waals surface area contributed by atoms with Crippen molar-refractivity contribution in [3.05, 3.63) is 29.3 Å². The molecule has 0 spiro atoms. The average Bonchev–Trinajstić information content (AvgIpc) is 2.02. The topological polar surface area (TPSA) is 40.5 Å². The molecule has 2 nitrogen and oxygen atoms in total. The average molecular weight is 233 g/mol. The maximum absolute atomic E-state index is 9.55. The first-order valence-corrected chi connectivity index (χ1v) is 6.28. The van der Waals surface area contributed by atoms with Crippen LogP contribution in [0.1, 0.15) is 13.8 Å². The standard InChI is InChI=1S/C10H14ClO2P/c1-7(12)14(8(2)13)10-5-3-4-9(11)6-10/h3-8,12-13H,1-2H3. The fourth-order valence-corrected chi connectivity index (χ4v) is 3.68. The minimum atomic E-state index is -0.963. The van der Waals surface area contributed by atoms with Gasteiger partial charge in [-0.15, -0.1) is 0 Å². The Morgan fingerprint density at radius 1 is 1.21 bits per heavy atom. The van der Waals surface area contributed by atoms with E-state index < -0.39 is 19.6 Å². The summed E-state index contributed by atoms with van der Waals surface area (Å²) in [5.41, 5.74) is 0. The molecule has 0 bridgehead atoms. The Labute approximate surface area is 90.3 Å². The van der Waals surface area contributed by atoms with Crippen LogP contribution in [0.5, 0.6) is 0 Å². The third kappa shape index (κ3) is 2.93. The van der Waals surface area contributed by atoms with Crippen LogP contribution >= 0.6 is 19.5 Å². The predicted molar refractivity (Wildman–Crippen MR) is 61.4 cm³/mol. The zero-order valence-corrected chi connectivity index (χ0v) is 9.83. The summed E-state index contributed by atoms with van der Waals surface area (Å²) in [6.45, 7) is 3.39. The maximum atomic E-state index is 9.55. The second kappa shape index (κ2) is 5.09. The van der Waals surface area contributed by atoms with Crippen LogP contribution in [0.15, 0.2) is 24.3 Å². The van der Waals surface area contributed by atoms with Crippen molar-refractivity contribution >= 4 is 24.8 Å². The van der Waals surface area contributed by atoms with E-state index in [0.717, 1.165) is 5.30 Å². The quantitative estimate of drug-likeness (QED) is 0.784. The minimum Gasteiger partial charge on any atom is -0.388 e. The summed E-state index contributed by atoms with van der Waals surface area (Å²) >= 11 is 5.85. The fourth-order valence-electron chi connectivity index (χ4n) is 1.38. The van der Waals surface area contributed by atoms with Gasteiger partial charge in [-0.05, 0) is 39.2 Å². The molecule has 0 aromatic heterocycles. The summed E-state index contributed by atoms with van der Waals surface area (Å²) in [6, 6.07) is 7.30. The zero-order valence-electron chi connectivity index (χ0n) is 8.18. The number of halogens is 1. The predicted octanol–water partition coefficient (Wildman–Crippen LogP) is 2.12. The molecule has 2 N–H and O–H groups in total. The first kappa shape index (κ1) is 11.9. The number of hydrogen-bond acceptors (Lipinski definition) is 2. The molecular formula is C10H14ClO2P. The van der Waals surface area contributed by atoms with Crippen LogP contribution in [-0.2, 0) is 0 Å². The van der Waals surface area contributed by atoms with Crippen LogP contribution in [0, 0.1) is 0 Å². The van der Waals surface area contributed by atoms with Gasteiger partial charge in [0.05, 0.1) is 11.7 Å². The molecule has 2 unspecified atom stereocenters. The van der Waals surface area contributed by atoms with Crippen LogP contribution in [0.2, 0.25) is 5.02 Å². The Hall–Kier alpha value is -0.140. The lowest BCUT2D eigenvalue weighted by Gasteiger charge is -2.23. The van der Waals surface area contributed by atoms with Crippen molar-refractivity contribution in [1.82, 2.24) is 0 Å². The van der Waals surface area contributed by atoms with Gasteiger partial charge < -0.3 is 10.2 Å². The molecule has 1 aromatic rings. The summed E-state index contributed by atoms with van der Waals surface area (Å²) in [5.74, 6) is -1.05. The van der Waals surface area contributed by atoms with Crippen molar-refractivity contribution in [2.45, 2.75) is 25.5 Å². The highest BCUT2D eigenvalue weighted by Crippen LogP contribution is 2.42. The minimum absolute atomic E-state index is 0.525. The molecule has 0 aliphatic rings. The molecule has 0 aliphatic heterocycles. The van der Waals surface area contributed by atoms with Gasteiger partial charge in [-0.25, -0.2) is 0 Å². The van der Waals surface area contributed by atoms with Crippen molar-refractivity contribution in [2.75, 3.05) is 0 Å².